The molecule has 2 atom stereocenters. The van der Waals surface area contributed by atoms with Crippen LogP contribution in [0.3, 0.4) is 0 Å². The van der Waals surface area contributed by atoms with E-state index in [-0.39, 0.29) is 42.5 Å². The van der Waals surface area contributed by atoms with E-state index in [4.69, 9.17) is 5.73 Å². The van der Waals surface area contributed by atoms with Crippen LogP contribution in [-0.4, -0.2) is 53.7 Å². The Morgan fingerprint density at radius 1 is 0.775 bits per heavy atom. The molecule has 2 fully saturated rings. The molecule has 1 aliphatic carbocycles. The van der Waals surface area contributed by atoms with Crippen LogP contribution in [0.5, 0.6) is 0 Å². The number of hydrogen-bond acceptors (Lipinski definition) is 4. The van der Waals surface area contributed by atoms with Gasteiger partial charge in [-0.2, -0.15) is 0 Å². The Labute approximate surface area is 243 Å². The quantitative estimate of drug-likeness (QED) is 0.343. The first-order valence-corrected chi connectivity index (χ1v) is 16.6. The standard InChI is InChI=1S/C32H58N4O4/c1-2-28(32(33)40)36-25-26(23-31(36)39)24-34-29(37)21-22-30(38)35-27-19-17-15-13-11-9-7-5-3-4-6-8-10-12-14-16-18-20-27/h26-28H,2-25H2,1H3,(H2,33,40)(H,34,37)(H,35,38)/t26?,28-/m1/s1. The van der Waals surface area contributed by atoms with Gasteiger partial charge in [0.25, 0.3) is 0 Å². The fourth-order valence-corrected chi connectivity index (χ4v) is 6.24. The lowest BCUT2D eigenvalue weighted by Crippen LogP contribution is -2.45. The van der Waals surface area contributed by atoms with Crippen molar-refractivity contribution in [3.63, 3.8) is 0 Å². The molecule has 0 bridgehead atoms. The molecule has 0 aromatic heterocycles. The summed E-state index contributed by atoms with van der Waals surface area (Å²) in [6.07, 6.45) is 24.2. The lowest BCUT2D eigenvalue weighted by molar-refractivity contribution is -0.136. The van der Waals surface area contributed by atoms with Gasteiger partial charge < -0.3 is 21.3 Å². The van der Waals surface area contributed by atoms with E-state index in [0.717, 1.165) is 25.7 Å². The maximum Gasteiger partial charge on any atom is 0.240 e. The van der Waals surface area contributed by atoms with E-state index in [1.165, 1.54) is 94.8 Å². The zero-order chi connectivity index (χ0) is 29.0. The third-order valence-corrected chi connectivity index (χ3v) is 8.72. The van der Waals surface area contributed by atoms with Crippen molar-refractivity contribution in [2.45, 2.75) is 160 Å². The second kappa shape index (κ2) is 20.7. The van der Waals surface area contributed by atoms with Crippen molar-refractivity contribution >= 4 is 23.6 Å². The van der Waals surface area contributed by atoms with Gasteiger partial charge in [0, 0.05) is 44.3 Å². The molecule has 230 valence electrons. The minimum absolute atomic E-state index is 0.0460. The molecule has 0 aromatic carbocycles. The van der Waals surface area contributed by atoms with Crippen LogP contribution in [0.1, 0.15) is 148 Å². The van der Waals surface area contributed by atoms with Crippen molar-refractivity contribution in [3.05, 3.63) is 0 Å². The summed E-state index contributed by atoms with van der Waals surface area (Å²) in [7, 11) is 0. The lowest BCUT2D eigenvalue weighted by atomic mass is 9.99. The molecule has 2 rings (SSSR count). The number of rotatable bonds is 9. The Hall–Kier alpha value is -2.12. The number of primary amides is 1. The number of nitrogens with two attached hydrogens (primary N) is 1. The van der Waals surface area contributed by atoms with Crippen molar-refractivity contribution in [1.82, 2.24) is 15.5 Å². The van der Waals surface area contributed by atoms with Gasteiger partial charge in [-0.3, -0.25) is 19.2 Å². The van der Waals surface area contributed by atoms with Gasteiger partial charge in [0.15, 0.2) is 0 Å². The molecular weight excluding hydrogens is 504 g/mol. The zero-order valence-electron chi connectivity index (χ0n) is 25.4. The predicted molar refractivity (Wildman–Crippen MR) is 160 cm³/mol. The molecule has 1 unspecified atom stereocenters. The Morgan fingerprint density at radius 2 is 1.23 bits per heavy atom. The van der Waals surface area contributed by atoms with Crippen LogP contribution >= 0.6 is 0 Å². The predicted octanol–water partition coefficient (Wildman–Crippen LogP) is 5.52. The van der Waals surface area contributed by atoms with Crippen LogP contribution in [0, 0.1) is 5.92 Å². The van der Waals surface area contributed by atoms with Crippen LogP contribution in [0.2, 0.25) is 0 Å². The molecule has 1 saturated heterocycles. The van der Waals surface area contributed by atoms with Crippen molar-refractivity contribution in [1.29, 1.82) is 0 Å². The highest BCUT2D eigenvalue weighted by Gasteiger charge is 2.35. The fraction of sp³-hybridized carbons (Fsp3) is 0.875. The molecule has 0 radical (unpaired) electrons. The van der Waals surface area contributed by atoms with Crippen LogP contribution < -0.4 is 16.4 Å². The topological polar surface area (TPSA) is 122 Å². The fourth-order valence-electron chi connectivity index (χ4n) is 6.24. The Morgan fingerprint density at radius 3 is 1.68 bits per heavy atom. The number of nitrogens with one attached hydrogen (secondary N) is 2. The molecule has 1 heterocycles. The van der Waals surface area contributed by atoms with Crippen molar-refractivity contribution < 1.29 is 19.2 Å². The summed E-state index contributed by atoms with van der Waals surface area (Å²) >= 11 is 0. The largest absolute Gasteiger partial charge is 0.368 e. The van der Waals surface area contributed by atoms with Gasteiger partial charge in [-0.25, -0.2) is 0 Å². The van der Waals surface area contributed by atoms with Crippen molar-refractivity contribution in [2.24, 2.45) is 11.7 Å². The Bertz CT molecular complexity index is 739. The summed E-state index contributed by atoms with van der Waals surface area (Å²) in [4.78, 5) is 50.6. The number of nitrogens with zero attached hydrogens (tertiary/aromatic N) is 1. The number of amides is 4. The molecular formula is C32H58N4O4. The molecule has 8 heteroatoms. The molecule has 1 aliphatic heterocycles. The molecule has 40 heavy (non-hydrogen) atoms. The van der Waals surface area contributed by atoms with E-state index in [0.29, 0.717) is 25.9 Å². The summed E-state index contributed by atoms with van der Waals surface area (Å²) in [6.45, 7) is 2.61. The lowest BCUT2D eigenvalue weighted by Gasteiger charge is -2.24. The maximum atomic E-state index is 12.7. The van der Waals surface area contributed by atoms with Crippen LogP contribution in [0.25, 0.3) is 0 Å². The van der Waals surface area contributed by atoms with Crippen LogP contribution in [0.15, 0.2) is 0 Å². The van der Waals surface area contributed by atoms with E-state index in [2.05, 4.69) is 10.6 Å². The zero-order valence-corrected chi connectivity index (χ0v) is 25.4. The van der Waals surface area contributed by atoms with Crippen LogP contribution in [0.4, 0.5) is 0 Å². The average molecular weight is 563 g/mol. The average Bonchev–Trinajstić information content (AvgIpc) is 3.29. The summed E-state index contributed by atoms with van der Waals surface area (Å²) < 4.78 is 0. The highest BCUT2D eigenvalue weighted by atomic mass is 16.2. The van der Waals surface area contributed by atoms with Gasteiger partial charge in [-0.15, -0.1) is 0 Å². The minimum atomic E-state index is -0.589. The van der Waals surface area contributed by atoms with E-state index in [9.17, 15) is 19.2 Å². The summed E-state index contributed by atoms with van der Waals surface area (Å²) in [5.41, 5.74) is 5.43. The van der Waals surface area contributed by atoms with Gasteiger partial charge in [0.05, 0.1) is 0 Å². The van der Waals surface area contributed by atoms with Crippen molar-refractivity contribution in [2.75, 3.05) is 13.1 Å². The highest BCUT2D eigenvalue weighted by Crippen LogP contribution is 2.21. The second-order valence-corrected chi connectivity index (χ2v) is 12.2. The van der Waals surface area contributed by atoms with Crippen molar-refractivity contribution in [3.8, 4) is 0 Å². The maximum absolute atomic E-state index is 12.7. The van der Waals surface area contributed by atoms with E-state index < -0.39 is 11.9 Å². The molecule has 2 aliphatic rings. The first-order valence-electron chi connectivity index (χ1n) is 16.6. The summed E-state index contributed by atoms with van der Waals surface area (Å²) in [5.74, 6) is -0.863. The van der Waals surface area contributed by atoms with Gasteiger partial charge >= 0.3 is 0 Å². The summed E-state index contributed by atoms with van der Waals surface area (Å²) in [6, 6.07) is -0.390. The Balaban J connectivity index is 1.69. The number of carbonyl (C=O) groups excluding carboxylic acids is 4. The van der Waals surface area contributed by atoms with E-state index in [1.807, 2.05) is 6.92 Å². The molecule has 8 nitrogen and oxygen atoms in total. The Kier molecular flexibility index (Phi) is 17.6. The molecule has 0 spiro atoms. The smallest absolute Gasteiger partial charge is 0.240 e. The third kappa shape index (κ3) is 14.5. The number of carbonyl (C=O) groups is 4. The van der Waals surface area contributed by atoms with Gasteiger partial charge in [-0.1, -0.05) is 110 Å². The summed E-state index contributed by atoms with van der Waals surface area (Å²) in [5, 5.41) is 6.10. The first kappa shape index (κ1) is 34.1. The van der Waals surface area contributed by atoms with E-state index >= 15 is 0 Å². The normalized spacial score (nSPS) is 22.5. The van der Waals surface area contributed by atoms with Gasteiger partial charge in [0.2, 0.25) is 23.6 Å². The SMILES string of the molecule is CC[C@H](C(N)=O)N1CC(CNC(=O)CCC(=O)NC2CCCCCCCCCCCCCCCCCC2)CC1=O. The second-order valence-electron chi connectivity index (χ2n) is 12.2. The van der Waals surface area contributed by atoms with Crippen LogP contribution in [-0.2, 0) is 19.2 Å². The molecule has 4 N–H and O–H groups in total. The van der Waals surface area contributed by atoms with Gasteiger partial charge in [-0.05, 0) is 19.3 Å². The molecule has 0 aromatic rings. The van der Waals surface area contributed by atoms with E-state index in [1.54, 1.807) is 0 Å². The molecule has 1 saturated carbocycles. The molecule has 4 amide bonds. The number of hydrogen-bond donors (Lipinski definition) is 3. The number of likely N-dealkylation sites (tertiary alicyclic amines) is 1. The first-order chi connectivity index (χ1) is 19.4. The van der Waals surface area contributed by atoms with Gasteiger partial charge in [0.1, 0.15) is 6.04 Å². The highest BCUT2D eigenvalue weighted by molar-refractivity contribution is 5.88. The minimum Gasteiger partial charge on any atom is -0.368 e. The monoisotopic (exact) mass is 562 g/mol. The third-order valence-electron chi connectivity index (χ3n) is 8.72.